The second-order valence-corrected chi connectivity index (χ2v) is 6.87. The van der Waals surface area contributed by atoms with Crippen molar-refractivity contribution in [2.24, 2.45) is 0 Å². The van der Waals surface area contributed by atoms with Crippen LogP contribution in [-0.4, -0.2) is 34.2 Å². The van der Waals surface area contributed by atoms with Gasteiger partial charge in [-0.1, -0.05) is 24.3 Å². The summed E-state index contributed by atoms with van der Waals surface area (Å²) in [6.07, 6.45) is -0.228. The van der Waals surface area contributed by atoms with Gasteiger partial charge in [-0.15, -0.1) is 0 Å². The van der Waals surface area contributed by atoms with E-state index in [2.05, 4.69) is 10.3 Å². The first kappa shape index (κ1) is 19.9. The summed E-state index contributed by atoms with van der Waals surface area (Å²) in [5, 5.41) is 21.6. The molecule has 1 aliphatic carbocycles. The number of aromatic nitrogens is 1. The number of aliphatic carboxylic acids is 1. The Labute approximate surface area is 173 Å². The van der Waals surface area contributed by atoms with Crippen molar-refractivity contribution in [3.8, 4) is 11.1 Å². The first-order chi connectivity index (χ1) is 14.8. The molecule has 0 radical (unpaired) electrons. The van der Waals surface area contributed by atoms with Crippen molar-refractivity contribution in [1.29, 1.82) is 0 Å². The highest BCUT2D eigenvalue weighted by Gasteiger charge is 2.23. The number of H-pyrrole nitrogens is 1. The third-order valence-corrected chi connectivity index (χ3v) is 4.92. The first-order valence-electron chi connectivity index (χ1n) is 9.19. The summed E-state index contributed by atoms with van der Waals surface area (Å²) in [6, 6.07) is 10.8. The van der Waals surface area contributed by atoms with Crippen LogP contribution in [0, 0.1) is 10.8 Å². The molecule has 0 bridgehead atoms. The molecule has 0 aromatic heterocycles. The summed E-state index contributed by atoms with van der Waals surface area (Å²) in [5.41, 5.74) is -0.975. The molecule has 4 N–H and O–H groups in total. The van der Waals surface area contributed by atoms with Crippen LogP contribution >= 0.6 is 0 Å². The van der Waals surface area contributed by atoms with E-state index in [9.17, 15) is 24.3 Å². The van der Waals surface area contributed by atoms with Gasteiger partial charge >= 0.3 is 11.9 Å². The Hall–Kier alpha value is -4.40. The number of carbonyl (C=O) groups is 2. The Kier molecular flexibility index (Phi) is 4.78. The highest BCUT2D eigenvalue weighted by Crippen LogP contribution is 2.24. The summed E-state index contributed by atoms with van der Waals surface area (Å²) >= 11 is 0. The van der Waals surface area contributed by atoms with Gasteiger partial charge in [0.05, 0.1) is 23.1 Å². The van der Waals surface area contributed by atoms with Gasteiger partial charge in [0.25, 0.3) is 5.43 Å². The fourth-order valence-electron chi connectivity index (χ4n) is 3.46. The molecule has 0 saturated heterocycles. The maximum absolute atomic E-state index is 12.9. The zero-order valence-corrected chi connectivity index (χ0v) is 16.2. The molecule has 156 valence electrons. The van der Waals surface area contributed by atoms with Gasteiger partial charge in [-0.3, -0.25) is 14.4 Å². The fourth-order valence-corrected chi connectivity index (χ4v) is 3.46. The molecule has 0 spiro atoms. The maximum Gasteiger partial charge on any atom is 0.338 e. The normalized spacial score (nSPS) is 11.0. The SMILES string of the molecule is CNc1ccc2[nH]c3c(C(=O)O)c(-c4ccc(CC(=O)O)cc4)c(=O)c(=O)c=3oc2c1. The van der Waals surface area contributed by atoms with Crippen LogP contribution in [-0.2, 0) is 11.2 Å². The maximum atomic E-state index is 12.9. The number of carboxylic acid groups (broad SMARTS) is 2. The molecule has 9 heteroatoms. The summed E-state index contributed by atoms with van der Waals surface area (Å²) in [6.45, 7) is 0. The quantitative estimate of drug-likeness (QED) is 0.359. The monoisotopic (exact) mass is 420 g/mol. The lowest BCUT2D eigenvalue weighted by atomic mass is 9.97. The van der Waals surface area contributed by atoms with Gasteiger partial charge in [-0.05, 0) is 23.3 Å². The lowest BCUT2D eigenvalue weighted by Crippen LogP contribution is -2.30. The van der Waals surface area contributed by atoms with Crippen molar-refractivity contribution in [1.82, 2.24) is 4.98 Å². The Bertz CT molecular complexity index is 1530. The van der Waals surface area contributed by atoms with Crippen LogP contribution in [0.4, 0.5) is 5.69 Å². The predicted molar refractivity (Wildman–Crippen MR) is 112 cm³/mol. The van der Waals surface area contributed by atoms with Crippen LogP contribution in [0.3, 0.4) is 0 Å². The number of carboxylic acids is 2. The van der Waals surface area contributed by atoms with Gasteiger partial charge in [-0.25, -0.2) is 4.79 Å². The van der Waals surface area contributed by atoms with Crippen molar-refractivity contribution >= 4 is 28.7 Å². The minimum atomic E-state index is -1.41. The molecule has 0 unspecified atom stereocenters. The van der Waals surface area contributed by atoms with Crippen molar-refractivity contribution < 1.29 is 24.2 Å². The molecule has 0 fully saturated rings. The second-order valence-electron chi connectivity index (χ2n) is 6.87. The van der Waals surface area contributed by atoms with Gasteiger partial charge in [0, 0.05) is 18.8 Å². The lowest BCUT2D eigenvalue weighted by Gasteiger charge is -2.09. The standard InChI is InChI=1S/C22H16N2O7/c1-23-12-6-7-13-14(9-12)31-21-18(24-13)17(22(29)30)16(19(27)20(21)28)11-4-2-10(3-5-11)8-15(25)26/h2-7,9,23-24H,8H2,1H3,(H,25,26)(H,29,30). The third-order valence-electron chi connectivity index (χ3n) is 4.92. The van der Waals surface area contributed by atoms with Crippen molar-refractivity contribution in [2.45, 2.75) is 6.42 Å². The van der Waals surface area contributed by atoms with Crippen LogP contribution < -0.4 is 16.2 Å². The van der Waals surface area contributed by atoms with E-state index in [1.807, 2.05) is 0 Å². The second kappa shape index (κ2) is 7.45. The molecule has 2 aromatic carbocycles. The molecule has 0 amide bonds. The summed E-state index contributed by atoms with van der Waals surface area (Å²) in [5.74, 6) is -2.44. The summed E-state index contributed by atoms with van der Waals surface area (Å²) in [7, 11) is 1.71. The Morgan fingerprint density at radius 3 is 2.35 bits per heavy atom. The molecule has 2 aromatic rings. The van der Waals surface area contributed by atoms with Gasteiger partial charge in [0.2, 0.25) is 10.8 Å². The number of nitrogens with one attached hydrogen (secondary N) is 2. The number of aromatic carboxylic acids is 1. The van der Waals surface area contributed by atoms with E-state index >= 15 is 0 Å². The van der Waals surface area contributed by atoms with Crippen LogP contribution in [0.2, 0.25) is 0 Å². The van der Waals surface area contributed by atoms with E-state index in [1.165, 1.54) is 24.3 Å². The number of hydrogen-bond acceptors (Lipinski definition) is 6. The van der Waals surface area contributed by atoms with Crippen LogP contribution in [0.1, 0.15) is 15.9 Å². The van der Waals surface area contributed by atoms with Crippen molar-refractivity contribution in [3.05, 3.63) is 84.8 Å². The average Bonchev–Trinajstić information content (AvgIpc) is 2.74. The van der Waals surface area contributed by atoms with Gasteiger partial charge in [0.15, 0.2) is 5.58 Å². The Balaban J connectivity index is 2.08. The lowest BCUT2D eigenvalue weighted by molar-refractivity contribution is -0.136. The number of benzene rings is 2. The van der Waals surface area contributed by atoms with Crippen LogP contribution in [0.25, 0.3) is 22.2 Å². The molecule has 4 rings (SSSR count). The van der Waals surface area contributed by atoms with Crippen molar-refractivity contribution in [3.63, 3.8) is 0 Å². The zero-order valence-electron chi connectivity index (χ0n) is 16.2. The molecular formula is C22H16N2O7. The van der Waals surface area contributed by atoms with Crippen LogP contribution in [0.15, 0.2) is 56.5 Å². The van der Waals surface area contributed by atoms with E-state index < -0.39 is 28.4 Å². The molecule has 0 saturated carbocycles. The Morgan fingerprint density at radius 2 is 1.74 bits per heavy atom. The largest absolute Gasteiger partial charge is 0.481 e. The number of rotatable bonds is 5. The number of anilines is 1. The van der Waals surface area contributed by atoms with Gasteiger partial charge < -0.3 is 24.9 Å². The number of fused-ring (bicyclic) bond motifs is 1. The van der Waals surface area contributed by atoms with Crippen molar-refractivity contribution in [2.75, 3.05) is 12.4 Å². The van der Waals surface area contributed by atoms with E-state index in [-0.39, 0.29) is 33.9 Å². The molecule has 2 aliphatic rings. The minimum absolute atomic E-state index is 0.105. The smallest absolute Gasteiger partial charge is 0.338 e. The summed E-state index contributed by atoms with van der Waals surface area (Å²) in [4.78, 5) is 51.6. The van der Waals surface area contributed by atoms with Crippen LogP contribution in [0.5, 0.6) is 0 Å². The minimum Gasteiger partial charge on any atom is -0.481 e. The fraction of sp³-hybridized carbons (Fsp3) is 0.0909. The van der Waals surface area contributed by atoms with Gasteiger partial charge in [-0.2, -0.15) is 0 Å². The first-order valence-corrected chi connectivity index (χ1v) is 9.19. The number of hydrogen-bond donors (Lipinski definition) is 4. The molecular weight excluding hydrogens is 404 g/mol. The van der Waals surface area contributed by atoms with Gasteiger partial charge in [0.1, 0.15) is 5.35 Å². The Morgan fingerprint density at radius 1 is 1.03 bits per heavy atom. The molecule has 31 heavy (non-hydrogen) atoms. The van der Waals surface area contributed by atoms with E-state index in [1.54, 1.807) is 25.2 Å². The third kappa shape index (κ3) is 3.42. The highest BCUT2D eigenvalue weighted by atomic mass is 16.4. The highest BCUT2D eigenvalue weighted by molar-refractivity contribution is 5.96. The molecule has 1 aliphatic heterocycles. The molecule has 0 atom stereocenters. The number of aromatic amines is 1. The molecule has 1 heterocycles. The van der Waals surface area contributed by atoms with E-state index in [4.69, 9.17) is 9.52 Å². The topological polar surface area (TPSA) is 150 Å². The average molecular weight is 420 g/mol. The molecule has 9 nitrogen and oxygen atoms in total. The van der Waals surface area contributed by atoms with E-state index in [0.717, 1.165) is 0 Å². The van der Waals surface area contributed by atoms with E-state index in [0.29, 0.717) is 16.8 Å². The zero-order chi connectivity index (χ0) is 22.3. The summed E-state index contributed by atoms with van der Waals surface area (Å²) < 4.78 is 5.63. The predicted octanol–water partition coefficient (Wildman–Crippen LogP) is 2.24.